The molecule has 8 nitrogen and oxygen atoms in total. The van der Waals surface area contributed by atoms with E-state index in [1.54, 1.807) is 34.9 Å². The summed E-state index contributed by atoms with van der Waals surface area (Å²) in [6.45, 7) is 4.35. The molecule has 0 unspecified atom stereocenters. The minimum absolute atomic E-state index is 0.110. The number of benzene rings is 1. The van der Waals surface area contributed by atoms with Gasteiger partial charge in [-0.25, -0.2) is 5.48 Å². The predicted molar refractivity (Wildman–Crippen MR) is 120 cm³/mol. The number of carbonyl (C=O) groups is 3. The van der Waals surface area contributed by atoms with Crippen molar-refractivity contribution in [3.05, 3.63) is 60.4 Å². The van der Waals surface area contributed by atoms with Crippen LogP contribution in [0, 0.1) is 11.3 Å². The van der Waals surface area contributed by atoms with Crippen LogP contribution in [-0.4, -0.2) is 45.4 Å². The number of carbonyl (C=O) groups excluding carboxylic acids is 3. The van der Waals surface area contributed by atoms with Gasteiger partial charge in [-0.2, -0.15) is 0 Å². The van der Waals surface area contributed by atoms with Gasteiger partial charge in [-0.05, 0) is 36.5 Å². The summed E-state index contributed by atoms with van der Waals surface area (Å²) in [5.74, 6) is -0.939. The third kappa shape index (κ3) is 5.50. The third-order valence-corrected chi connectivity index (χ3v) is 5.87. The Kier molecular flexibility index (Phi) is 7.58. The SMILES string of the molecule is CC(C)C[C@@]1(CC(=O)NO)CCN([C@H](Cc2ccccc2)C(=O)Nc2ccncc2)C1=O. The first kappa shape index (κ1) is 23.4. The molecule has 8 heteroatoms. The molecule has 1 aliphatic heterocycles. The molecule has 3 amide bonds. The second kappa shape index (κ2) is 10.4. The number of hydrogen-bond donors (Lipinski definition) is 3. The highest BCUT2D eigenvalue weighted by molar-refractivity contribution is 5.99. The lowest BCUT2D eigenvalue weighted by molar-refractivity contribution is -0.146. The van der Waals surface area contributed by atoms with E-state index in [1.165, 1.54) is 0 Å². The van der Waals surface area contributed by atoms with E-state index in [9.17, 15) is 14.4 Å². The van der Waals surface area contributed by atoms with E-state index >= 15 is 0 Å². The lowest BCUT2D eigenvalue weighted by Crippen LogP contribution is -2.49. The summed E-state index contributed by atoms with van der Waals surface area (Å²) < 4.78 is 0. The molecule has 3 N–H and O–H groups in total. The summed E-state index contributed by atoms with van der Waals surface area (Å²) in [4.78, 5) is 44.6. The van der Waals surface area contributed by atoms with Crippen molar-refractivity contribution >= 4 is 23.4 Å². The van der Waals surface area contributed by atoms with Crippen molar-refractivity contribution < 1.29 is 19.6 Å². The number of aromatic nitrogens is 1. The molecule has 0 aliphatic carbocycles. The van der Waals surface area contributed by atoms with Crippen molar-refractivity contribution in [1.82, 2.24) is 15.4 Å². The molecule has 1 aromatic heterocycles. The smallest absolute Gasteiger partial charge is 0.247 e. The van der Waals surface area contributed by atoms with E-state index in [4.69, 9.17) is 5.21 Å². The monoisotopic (exact) mass is 438 g/mol. The normalized spacial score (nSPS) is 19.1. The van der Waals surface area contributed by atoms with Gasteiger partial charge < -0.3 is 10.2 Å². The second-order valence-electron chi connectivity index (χ2n) is 8.77. The Morgan fingerprint density at radius 2 is 1.84 bits per heavy atom. The Hall–Kier alpha value is -3.26. The van der Waals surface area contributed by atoms with Gasteiger partial charge in [0.1, 0.15) is 6.04 Å². The number of pyridine rings is 1. The Bertz CT molecular complexity index is 936. The Morgan fingerprint density at radius 1 is 1.16 bits per heavy atom. The van der Waals surface area contributed by atoms with Gasteiger partial charge >= 0.3 is 0 Å². The number of nitrogens with one attached hydrogen (secondary N) is 2. The van der Waals surface area contributed by atoms with Gasteiger partial charge in [0.15, 0.2) is 0 Å². The zero-order chi connectivity index (χ0) is 23.1. The first-order chi connectivity index (χ1) is 15.3. The zero-order valence-electron chi connectivity index (χ0n) is 18.5. The first-order valence-corrected chi connectivity index (χ1v) is 10.8. The highest BCUT2D eigenvalue weighted by Crippen LogP contribution is 2.42. The van der Waals surface area contributed by atoms with E-state index in [-0.39, 0.29) is 24.2 Å². The van der Waals surface area contributed by atoms with Crippen LogP contribution in [0.5, 0.6) is 0 Å². The lowest BCUT2D eigenvalue weighted by atomic mass is 9.75. The third-order valence-electron chi connectivity index (χ3n) is 5.87. The molecular weight excluding hydrogens is 408 g/mol. The molecule has 32 heavy (non-hydrogen) atoms. The maximum atomic E-state index is 13.7. The van der Waals surface area contributed by atoms with Gasteiger partial charge in [-0.3, -0.25) is 24.6 Å². The maximum Gasteiger partial charge on any atom is 0.247 e. The Balaban J connectivity index is 1.90. The summed E-state index contributed by atoms with van der Waals surface area (Å²) in [5.41, 5.74) is 2.25. The number of hydrogen-bond acceptors (Lipinski definition) is 5. The molecule has 1 aromatic carbocycles. The standard InChI is InChI=1S/C24H30N4O4/c1-17(2)15-24(16-21(29)27-32)10-13-28(23(24)31)20(14-18-6-4-3-5-7-18)22(30)26-19-8-11-25-12-9-19/h3-9,11-12,17,20,32H,10,13-16H2,1-2H3,(H,27,29)(H,25,26,30)/t20-,24-/m1/s1. The fourth-order valence-electron chi connectivity index (χ4n) is 4.54. The first-order valence-electron chi connectivity index (χ1n) is 10.8. The molecule has 1 aliphatic rings. The summed E-state index contributed by atoms with van der Waals surface area (Å²) >= 11 is 0. The van der Waals surface area contributed by atoms with Crippen LogP contribution in [-0.2, 0) is 20.8 Å². The number of amides is 3. The van der Waals surface area contributed by atoms with Crippen LogP contribution in [0.2, 0.25) is 0 Å². The van der Waals surface area contributed by atoms with Crippen molar-refractivity contribution in [2.45, 2.75) is 45.6 Å². The number of nitrogens with zero attached hydrogens (tertiary/aromatic N) is 2. The zero-order valence-corrected chi connectivity index (χ0v) is 18.5. The predicted octanol–water partition coefficient (Wildman–Crippen LogP) is 2.79. The van der Waals surface area contributed by atoms with Crippen molar-refractivity contribution in [2.75, 3.05) is 11.9 Å². The van der Waals surface area contributed by atoms with E-state index in [2.05, 4.69) is 10.3 Å². The molecule has 2 aromatic rings. The average molecular weight is 439 g/mol. The summed E-state index contributed by atoms with van der Waals surface area (Å²) in [7, 11) is 0. The molecule has 0 bridgehead atoms. The summed E-state index contributed by atoms with van der Waals surface area (Å²) in [5, 5.41) is 11.9. The van der Waals surface area contributed by atoms with Gasteiger partial charge in [0.05, 0.1) is 5.41 Å². The topological polar surface area (TPSA) is 112 Å². The van der Waals surface area contributed by atoms with E-state index in [0.717, 1.165) is 5.56 Å². The Labute approximate surface area is 188 Å². The molecule has 0 radical (unpaired) electrons. The number of likely N-dealkylation sites (tertiary alicyclic amines) is 1. The lowest BCUT2D eigenvalue weighted by Gasteiger charge is -2.32. The highest BCUT2D eigenvalue weighted by atomic mass is 16.5. The van der Waals surface area contributed by atoms with Gasteiger partial charge in [0.2, 0.25) is 17.7 Å². The van der Waals surface area contributed by atoms with Gasteiger partial charge in [-0.15, -0.1) is 0 Å². The van der Waals surface area contributed by atoms with E-state index in [1.807, 2.05) is 44.2 Å². The van der Waals surface area contributed by atoms with Crippen LogP contribution in [0.15, 0.2) is 54.9 Å². The molecule has 2 heterocycles. The molecule has 1 fully saturated rings. The molecule has 0 spiro atoms. The second-order valence-corrected chi connectivity index (χ2v) is 8.77. The molecule has 3 rings (SSSR count). The van der Waals surface area contributed by atoms with Crippen LogP contribution in [0.3, 0.4) is 0 Å². The van der Waals surface area contributed by atoms with Gasteiger partial charge in [0, 0.05) is 37.5 Å². The van der Waals surface area contributed by atoms with Crippen molar-refractivity contribution in [1.29, 1.82) is 0 Å². The number of rotatable bonds is 9. The van der Waals surface area contributed by atoms with Crippen LogP contribution in [0.4, 0.5) is 5.69 Å². The molecule has 0 saturated carbocycles. The minimum Gasteiger partial charge on any atom is -0.330 e. The largest absolute Gasteiger partial charge is 0.330 e. The summed E-state index contributed by atoms with van der Waals surface area (Å²) in [6, 6.07) is 12.2. The van der Waals surface area contributed by atoms with E-state index < -0.39 is 17.4 Å². The minimum atomic E-state index is -0.938. The fourth-order valence-corrected chi connectivity index (χ4v) is 4.54. The molecule has 170 valence electrons. The van der Waals surface area contributed by atoms with Crippen molar-refractivity contribution in [3.8, 4) is 0 Å². The number of hydroxylamine groups is 1. The van der Waals surface area contributed by atoms with E-state index in [0.29, 0.717) is 31.5 Å². The van der Waals surface area contributed by atoms with Crippen LogP contribution in [0.1, 0.15) is 38.7 Å². The molecule has 2 atom stereocenters. The van der Waals surface area contributed by atoms with Crippen molar-refractivity contribution in [2.24, 2.45) is 11.3 Å². The van der Waals surface area contributed by atoms with Crippen LogP contribution in [0.25, 0.3) is 0 Å². The van der Waals surface area contributed by atoms with Gasteiger partial charge in [-0.1, -0.05) is 44.2 Å². The average Bonchev–Trinajstić information content (AvgIpc) is 3.08. The molecule has 1 saturated heterocycles. The number of anilines is 1. The maximum absolute atomic E-state index is 13.7. The highest BCUT2D eigenvalue weighted by Gasteiger charge is 2.50. The van der Waals surface area contributed by atoms with Gasteiger partial charge in [0.25, 0.3) is 0 Å². The Morgan fingerprint density at radius 3 is 2.47 bits per heavy atom. The fraction of sp³-hybridized carbons (Fsp3) is 0.417. The van der Waals surface area contributed by atoms with Crippen LogP contribution < -0.4 is 10.8 Å². The quantitative estimate of drug-likeness (QED) is 0.412. The van der Waals surface area contributed by atoms with Crippen LogP contribution >= 0.6 is 0 Å². The summed E-state index contributed by atoms with van der Waals surface area (Å²) in [6.07, 6.45) is 4.37. The van der Waals surface area contributed by atoms with Crippen molar-refractivity contribution in [3.63, 3.8) is 0 Å². The molecular formula is C24H30N4O4.